The molecule has 0 bridgehead atoms. The number of ketones is 1. The highest BCUT2D eigenvalue weighted by atomic mass is 16.5. The van der Waals surface area contributed by atoms with Gasteiger partial charge in [0.2, 0.25) is 5.91 Å². The number of benzene rings is 2. The van der Waals surface area contributed by atoms with Gasteiger partial charge < -0.3 is 15.8 Å². The third kappa shape index (κ3) is 4.71. The quantitative estimate of drug-likeness (QED) is 0.484. The number of Topliss-reactive ketones (excluding diaryl/α,β-unsaturated/α-hetero) is 1. The summed E-state index contributed by atoms with van der Waals surface area (Å²) in [6, 6.07) is 12.1. The van der Waals surface area contributed by atoms with Crippen molar-refractivity contribution in [1.82, 2.24) is 0 Å². The van der Waals surface area contributed by atoms with Crippen molar-refractivity contribution < 1.29 is 14.3 Å². The van der Waals surface area contributed by atoms with Gasteiger partial charge in [-0.15, -0.1) is 0 Å². The predicted molar refractivity (Wildman–Crippen MR) is 96.1 cm³/mol. The van der Waals surface area contributed by atoms with E-state index >= 15 is 0 Å². The zero-order chi connectivity index (χ0) is 17.5. The first-order valence-electron chi connectivity index (χ1n) is 7.62. The highest BCUT2D eigenvalue weighted by Gasteiger charge is 2.03. The van der Waals surface area contributed by atoms with Gasteiger partial charge in [-0.2, -0.15) is 0 Å². The average molecular weight is 324 g/mol. The van der Waals surface area contributed by atoms with Crippen molar-refractivity contribution in [3.05, 3.63) is 59.7 Å². The van der Waals surface area contributed by atoms with Crippen LogP contribution in [0.3, 0.4) is 0 Å². The van der Waals surface area contributed by atoms with Crippen molar-refractivity contribution in [2.45, 2.75) is 13.8 Å². The molecule has 2 aromatic carbocycles. The van der Waals surface area contributed by atoms with Gasteiger partial charge in [0.05, 0.1) is 12.3 Å². The van der Waals surface area contributed by atoms with Crippen LogP contribution in [0.2, 0.25) is 0 Å². The monoisotopic (exact) mass is 324 g/mol. The minimum absolute atomic E-state index is 0.0495. The Hall–Kier alpha value is -3.08. The van der Waals surface area contributed by atoms with Crippen LogP contribution in [0.25, 0.3) is 6.08 Å². The van der Waals surface area contributed by atoms with Crippen molar-refractivity contribution in [2.75, 3.05) is 17.7 Å². The van der Waals surface area contributed by atoms with E-state index in [1.165, 1.54) is 13.0 Å². The number of hydrogen-bond acceptors (Lipinski definition) is 4. The van der Waals surface area contributed by atoms with E-state index in [4.69, 9.17) is 10.5 Å². The smallest absolute Gasteiger partial charge is 0.248 e. The van der Waals surface area contributed by atoms with Gasteiger partial charge in [-0.25, -0.2) is 0 Å². The molecule has 0 saturated heterocycles. The molecular formula is C19H20N2O3. The Labute approximate surface area is 141 Å². The average Bonchev–Trinajstić information content (AvgIpc) is 2.55. The van der Waals surface area contributed by atoms with Gasteiger partial charge in [-0.3, -0.25) is 9.59 Å². The highest BCUT2D eigenvalue weighted by Crippen LogP contribution is 2.23. The van der Waals surface area contributed by atoms with Gasteiger partial charge in [0.25, 0.3) is 0 Å². The van der Waals surface area contributed by atoms with Crippen LogP contribution in [-0.2, 0) is 4.79 Å². The fraction of sp³-hybridized carbons (Fsp3) is 0.158. The second-order valence-corrected chi connectivity index (χ2v) is 5.19. The van der Waals surface area contributed by atoms with E-state index in [1.54, 1.807) is 42.5 Å². The number of nitrogen functional groups attached to an aromatic ring is 1. The van der Waals surface area contributed by atoms with Gasteiger partial charge in [0, 0.05) is 17.3 Å². The molecule has 24 heavy (non-hydrogen) atoms. The van der Waals surface area contributed by atoms with Gasteiger partial charge in [0.15, 0.2) is 5.78 Å². The molecule has 3 N–H and O–H groups in total. The number of anilines is 2. The largest absolute Gasteiger partial charge is 0.492 e. The maximum absolute atomic E-state index is 12.0. The van der Waals surface area contributed by atoms with E-state index in [9.17, 15) is 9.59 Å². The van der Waals surface area contributed by atoms with Crippen LogP contribution < -0.4 is 15.8 Å². The Morgan fingerprint density at radius 3 is 2.67 bits per heavy atom. The molecule has 0 unspecified atom stereocenters. The second kappa shape index (κ2) is 7.97. The third-order valence-corrected chi connectivity index (χ3v) is 3.30. The Kier molecular flexibility index (Phi) is 5.73. The van der Waals surface area contributed by atoms with Crippen LogP contribution in [0, 0.1) is 0 Å². The molecular weight excluding hydrogens is 304 g/mol. The zero-order valence-electron chi connectivity index (χ0n) is 13.7. The lowest BCUT2D eigenvalue weighted by molar-refractivity contribution is -0.111. The van der Waals surface area contributed by atoms with E-state index in [1.807, 2.05) is 13.0 Å². The number of carbonyl (C=O) groups excluding carboxylic acids is 2. The number of amides is 1. The van der Waals surface area contributed by atoms with Crippen molar-refractivity contribution in [3.63, 3.8) is 0 Å². The van der Waals surface area contributed by atoms with E-state index in [0.29, 0.717) is 29.3 Å². The molecule has 0 aliphatic carbocycles. The SMILES string of the molecule is CCOc1ccc(/C=C\C(=O)Nc2cccc(C(C)=O)c2)cc1N. The number of hydrogen-bond donors (Lipinski definition) is 2. The number of carbonyl (C=O) groups is 2. The Balaban J connectivity index is 2.04. The van der Waals surface area contributed by atoms with Gasteiger partial charge >= 0.3 is 0 Å². The molecule has 1 amide bonds. The first kappa shape index (κ1) is 17.3. The summed E-state index contributed by atoms with van der Waals surface area (Å²) in [5.41, 5.74) is 8.33. The molecule has 0 atom stereocenters. The van der Waals surface area contributed by atoms with Crippen LogP contribution in [0.5, 0.6) is 5.75 Å². The molecule has 2 rings (SSSR count). The lowest BCUT2D eigenvalue weighted by Crippen LogP contribution is -2.08. The minimum atomic E-state index is -0.289. The molecule has 0 aliphatic heterocycles. The molecule has 5 heteroatoms. The standard InChI is InChI=1S/C19H20N2O3/c1-3-24-18-9-7-14(11-17(18)20)8-10-19(23)21-16-6-4-5-15(12-16)13(2)22/h4-12H,3,20H2,1-2H3,(H,21,23)/b10-8-. The van der Waals surface area contributed by atoms with E-state index in [2.05, 4.69) is 5.32 Å². The van der Waals surface area contributed by atoms with E-state index in [-0.39, 0.29) is 11.7 Å². The molecule has 0 aromatic heterocycles. The van der Waals surface area contributed by atoms with E-state index in [0.717, 1.165) is 5.56 Å². The van der Waals surface area contributed by atoms with Gasteiger partial charge in [0.1, 0.15) is 5.75 Å². The normalized spacial score (nSPS) is 10.6. The molecule has 124 valence electrons. The number of ether oxygens (including phenoxy) is 1. The first-order chi connectivity index (χ1) is 11.5. The Morgan fingerprint density at radius 1 is 1.21 bits per heavy atom. The van der Waals surface area contributed by atoms with Crippen LogP contribution >= 0.6 is 0 Å². The summed E-state index contributed by atoms with van der Waals surface area (Å²) in [5.74, 6) is 0.287. The second-order valence-electron chi connectivity index (χ2n) is 5.19. The predicted octanol–water partition coefficient (Wildman–Crippen LogP) is 3.52. The molecule has 0 saturated carbocycles. The summed E-state index contributed by atoms with van der Waals surface area (Å²) >= 11 is 0. The minimum Gasteiger partial charge on any atom is -0.492 e. The van der Waals surface area contributed by atoms with Crippen molar-refractivity contribution in [2.24, 2.45) is 0 Å². The summed E-state index contributed by atoms with van der Waals surface area (Å²) < 4.78 is 5.37. The Bertz CT molecular complexity index is 782. The summed E-state index contributed by atoms with van der Waals surface area (Å²) in [6.07, 6.45) is 3.08. The number of nitrogens with one attached hydrogen (secondary N) is 1. The fourth-order valence-corrected chi connectivity index (χ4v) is 2.13. The molecule has 0 radical (unpaired) electrons. The summed E-state index contributed by atoms with van der Waals surface area (Å²) in [5, 5.41) is 2.72. The molecule has 5 nitrogen and oxygen atoms in total. The Morgan fingerprint density at radius 2 is 2.00 bits per heavy atom. The lowest BCUT2D eigenvalue weighted by Gasteiger charge is -2.07. The van der Waals surface area contributed by atoms with Crippen molar-refractivity contribution in [3.8, 4) is 5.75 Å². The van der Waals surface area contributed by atoms with Gasteiger partial charge in [-0.1, -0.05) is 18.2 Å². The van der Waals surface area contributed by atoms with Crippen LogP contribution in [0.1, 0.15) is 29.8 Å². The maximum atomic E-state index is 12.0. The lowest BCUT2D eigenvalue weighted by atomic mass is 10.1. The molecule has 2 aromatic rings. The van der Waals surface area contributed by atoms with Crippen LogP contribution in [-0.4, -0.2) is 18.3 Å². The first-order valence-corrected chi connectivity index (χ1v) is 7.62. The van der Waals surface area contributed by atoms with Crippen LogP contribution in [0.4, 0.5) is 11.4 Å². The summed E-state index contributed by atoms with van der Waals surface area (Å²) in [4.78, 5) is 23.3. The molecule has 0 heterocycles. The fourth-order valence-electron chi connectivity index (χ4n) is 2.13. The molecule has 0 fully saturated rings. The summed E-state index contributed by atoms with van der Waals surface area (Å²) in [7, 11) is 0. The van der Waals surface area contributed by atoms with Gasteiger partial charge in [-0.05, 0) is 49.8 Å². The highest BCUT2D eigenvalue weighted by molar-refractivity contribution is 6.03. The van der Waals surface area contributed by atoms with Crippen molar-refractivity contribution >= 4 is 29.1 Å². The summed E-state index contributed by atoms with van der Waals surface area (Å²) in [6.45, 7) is 3.91. The van der Waals surface area contributed by atoms with E-state index < -0.39 is 0 Å². The topological polar surface area (TPSA) is 81.4 Å². The van der Waals surface area contributed by atoms with Crippen molar-refractivity contribution in [1.29, 1.82) is 0 Å². The third-order valence-electron chi connectivity index (χ3n) is 3.30. The zero-order valence-corrected chi connectivity index (χ0v) is 13.7. The number of rotatable bonds is 6. The molecule has 0 aliphatic rings. The number of nitrogens with two attached hydrogens (primary N) is 1. The van der Waals surface area contributed by atoms with Crippen LogP contribution in [0.15, 0.2) is 48.5 Å². The molecule has 0 spiro atoms. The maximum Gasteiger partial charge on any atom is 0.248 e.